The fourth-order valence-corrected chi connectivity index (χ4v) is 5.25. The van der Waals surface area contributed by atoms with Gasteiger partial charge in [-0.05, 0) is 95.2 Å². The molecule has 0 saturated heterocycles. The average Bonchev–Trinajstić information content (AvgIpc) is 2.88. The van der Waals surface area contributed by atoms with E-state index in [0.29, 0.717) is 28.9 Å². The highest BCUT2D eigenvalue weighted by molar-refractivity contribution is 5.37. The van der Waals surface area contributed by atoms with Crippen molar-refractivity contribution in [2.24, 2.45) is 16.2 Å². The molecule has 0 fully saturated rings. The van der Waals surface area contributed by atoms with E-state index in [2.05, 4.69) is 46.8 Å². The minimum atomic E-state index is -0.0148. The second-order valence-corrected chi connectivity index (χ2v) is 11.3. The first-order chi connectivity index (χ1) is 17.4. The number of phenols is 2. The molecule has 0 heterocycles. The second kappa shape index (κ2) is 11.3. The summed E-state index contributed by atoms with van der Waals surface area (Å²) < 4.78 is 0. The van der Waals surface area contributed by atoms with Crippen LogP contribution in [0.25, 0.3) is 0 Å². The van der Waals surface area contributed by atoms with Crippen molar-refractivity contribution >= 4 is 0 Å². The average molecular weight is 503 g/mol. The summed E-state index contributed by atoms with van der Waals surface area (Å²) in [6, 6.07) is 14.7. The number of aliphatic hydroxyl groups excluding tert-OH is 2. The van der Waals surface area contributed by atoms with E-state index >= 15 is 0 Å². The van der Waals surface area contributed by atoms with E-state index in [0.717, 1.165) is 25.7 Å². The number of hydrogen-bond donors (Lipinski definition) is 4. The number of aromatic hydroxyl groups is 2. The molecule has 198 valence electrons. The van der Waals surface area contributed by atoms with Crippen LogP contribution in [0.3, 0.4) is 0 Å². The molecule has 2 aliphatic carbocycles. The SMILES string of the molecule is CC1(C(C)(C)C2(C)C=CC(O)=CC2)C=CC(O)=CC1.CCCC(c1ccc(O)cc1)c1ccc(O)cc1. The lowest BCUT2D eigenvalue weighted by Gasteiger charge is -2.53. The number of hydrogen-bond acceptors (Lipinski definition) is 4. The molecule has 0 radical (unpaired) electrons. The van der Waals surface area contributed by atoms with Crippen LogP contribution in [0.2, 0.25) is 0 Å². The van der Waals surface area contributed by atoms with Gasteiger partial charge in [-0.15, -0.1) is 0 Å². The molecule has 2 aromatic rings. The Labute approximate surface area is 222 Å². The monoisotopic (exact) mass is 502 g/mol. The number of aliphatic hydroxyl groups is 2. The van der Waals surface area contributed by atoms with Crippen LogP contribution in [0.5, 0.6) is 11.5 Å². The van der Waals surface area contributed by atoms with Gasteiger partial charge in [0, 0.05) is 5.92 Å². The Balaban J connectivity index is 0.000000206. The Hall–Kier alpha value is -3.40. The van der Waals surface area contributed by atoms with Crippen molar-refractivity contribution in [1.82, 2.24) is 0 Å². The van der Waals surface area contributed by atoms with Crippen molar-refractivity contribution in [1.29, 1.82) is 0 Å². The van der Waals surface area contributed by atoms with Crippen molar-refractivity contribution in [3.63, 3.8) is 0 Å². The van der Waals surface area contributed by atoms with Gasteiger partial charge in [0.2, 0.25) is 0 Å². The lowest BCUT2D eigenvalue weighted by molar-refractivity contribution is 0.0212. The molecule has 0 amide bonds. The van der Waals surface area contributed by atoms with E-state index in [1.165, 1.54) is 11.1 Å². The molecule has 0 spiro atoms. The number of phenolic OH excluding ortho intramolecular Hbond substituents is 2. The maximum absolute atomic E-state index is 9.53. The first-order valence-electron chi connectivity index (χ1n) is 13.2. The Morgan fingerprint density at radius 1 is 0.703 bits per heavy atom. The van der Waals surface area contributed by atoms with Gasteiger partial charge < -0.3 is 20.4 Å². The Bertz CT molecular complexity index is 1080. The van der Waals surface area contributed by atoms with E-state index in [1.807, 2.05) is 36.4 Å². The number of benzene rings is 2. The maximum atomic E-state index is 9.53. The van der Waals surface area contributed by atoms with Gasteiger partial charge in [-0.1, -0.05) is 77.5 Å². The fourth-order valence-electron chi connectivity index (χ4n) is 5.25. The molecule has 37 heavy (non-hydrogen) atoms. The molecule has 2 aliphatic rings. The van der Waals surface area contributed by atoms with Gasteiger partial charge in [0.05, 0.1) is 0 Å². The van der Waals surface area contributed by atoms with Gasteiger partial charge >= 0.3 is 0 Å². The van der Waals surface area contributed by atoms with Crippen molar-refractivity contribution in [2.45, 2.75) is 66.2 Å². The normalized spacial score (nSPS) is 23.2. The van der Waals surface area contributed by atoms with E-state index < -0.39 is 0 Å². The highest BCUT2D eigenvalue weighted by Crippen LogP contribution is 2.58. The molecule has 4 nitrogen and oxygen atoms in total. The van der Waals surface area contributed by atoms with Gasteiger partial charge in [0.25, 0.3) is 0 Å². The van der Waals surface area contributed by atoms with Crippen molar-refractivity contribution in [2.75, 3.05) is 0 Å². The lowest BCUT2D eigenvalue weighted by Crippen LogP contribution is -2.46. The van der Waals surface area contributed by atoms with Crippen LogP contribution in [0.4, 0.5) is 0 Å². The summed E-state index contributed by atoms with van der Waals surface area (Å²) in [4.78, 5) is 0. The highest BCUT2D eigenvalue weighted by atomic mass is 16.3. The predicted octanol–water partition coefficient (Wildman–Crippen LogP) is 8.86. The molecule has 0 aromatic heterocycles. The Morgan fingerprint density at radius 3 is 1.38 bits per heavy atom. The molecule has 4 heteroatoms. The van der Waals surface area contributed by atoms with Crippen LogP contribution in [-0.2, 0) is 0 Å². The zero-order valence-electron chi connectivity index (χ0n) is 22.8. The van der Waals surface area contributed by atoms with E-state index in [4.69, 9.17) is 0 Å². The van der Waals surface area contributed by atoms with Gasteiger partial charge in [-0.3, -0.25) is 0 Å². The molecular formula is C33H42O4. The highest BCUT2D eigenvalue weighted by Gasteiger charge is 2.50. The van der Waals surface area contributed by atoms with E-state index in [9.17, 15) is 20.4 Å². The summed E-state index contributed by atoms with van der Waals surface area (Å²) in [7, 11) is 0. The van der Waals surface area contributed by atoms with Crippen LogP contribution >= 0.6 is 0 Å². The largest absolute Gasteiger partial charge is 0.508 e. The van der Waals surface area contributed by atoms with Crippen LogP contribution in [-0.4, -0.2) is 20.4 Å². The third-order valence-electron chi connectivity index (χ3n) is 8.74. The maximum Gasteiger partial charge on any atom is 0.115 e. The van der Waals surface area contributed by atoms with Crippen LogP contribution in [0.1, 0.15) is 77.3 Å². The zero-order valence-corrected chi connectivity index (χ0v) is 22.8. The predicted molar refractivity (Wildman–Crippen MR) is 152 cm³/mol. The second-order valence-electron chi connectivity index (χ2n) is 11.3. The van der Waals surface area contributed by atoms with Crippen molar-refractivity contribution in [3.8, 4) is 11.5 Å². The lowest BCUT2D eigenvalue weighted by atomic mass is 9.50. The van der Waals surface area contributed by atoms with Gasteiger partial charge in [0.15, 0.2) is 0 Å². The molecule has 0 saturated carbocycles. The molecule has 4 rings (SSSR count). The van der Waals surface area contributed by atoms with Gasteiger partial charge in [0.1, 0.15) is 23.0 Å². The molecular weight excluding hydrogens is 460 g/mol. The zero-order chi connectivity index (χ0) is 27.3. The van der Waals surface area contributed by atoms with E-state index in [1.54, 1.807) is 36.4 Å². The quantitative estimate of drug-likeness (QED) is 0.318. The third-order valence-corrected chi connectivity index (χ3v) is 8.74. The molecule has 4 N–H and O–H groups in total. The first kappa shape index (κ1) is 28.2. The summed E-state index contributed by atoms with van der Waals surface area (Å²) in [5, 5.41) is 37.8. The molecule has 2 atom stereocenters. The standard InChI is InChI=1S/C17H24O2.C16H18O2/c1-15(2,16(3)9-5-13(18)6-10-16)17(4)11-7-14(19)8-12-17;1-2-3-16(12-4-8-14(17)9-5-12)13-6-10-15(18)11-7-13/h5-9,11,18-19H,10,12H2,1-4H3;4-11,16-18H,2-3H2,1H3. The van der Waals surface area contributed by atoms with Crippen LogP contribution in [0.15, 0.2) is 96.5 Å². The molecule has 2 aromatic carbocycles. The molecule has 0 aliphatic heterocycles. The summed E-state index contributed by atoms with van der Waals surface area (Å²) in [5.41, 5.74) is 2.36. The third kappa shape index (κ3) is 6.30. The van der Waals surface area contributed by atoms with Crippen molar-refractivity contribution in [3.05, 3.63) is 108 Å². The van der Waals surface area contributed by atoms with Crippen molar-refractivity contribution < 1.29 is 20.4 Å². The minimum Gasteiger partial charge on any atom is -0.508 e. The molecule has 2 unspecified atom stereocenters. The topological polar surface area (TPSA) is 80.9 Å². The molecule has 0 bridgehead atoms. The summed E-state index contributed by atoms with van der Waals surface area (Å²) in [6.45, 7) is 11.2. The summed E-state index contributed by atoms with van der Waals surface area (Å²) >= 11 is 0. The van der Waals surface area contributed by atoms with Gasteiger partial charge in [-0.25, -0.2) is 0 Å². The Kier molecular flexibility index (Phi) is 8.63. The minimum absolute atomic E-state index is 0.00139. The van der Waals surface area contributed by atoms with Crippen LogP contribution < -0.4 is 0 Å². The van der Waals surface area contributed by atoms with E-state index in [-0.39, 0.29) is 16.2 Å². The summed E-state index contributed by atoms with van der Waals surface area (Å²) in [6.07, 6.45) is 15.4. The first-order valence-corrected chi connectivity index (χ1v) is 13.2. The Morgan fingerprint density at radius 2 is 1.08 bits per heavy atom. The number of rotatable bonds is 6. The van der Waals surface area contributed by atoms with Gasteiger partial charge in [-0.2, -0.15) is 0 Å². The summed E-state index contributed by atoms with van der Waals surface area (Å²) in [5.74, 6) is 1.61. The fraction of sp³-hybridized carbons (Fsp3) is 0.394. The van der Waals surface area contributed by atoms with Crippen LogP contribution in [0, 0.1) is 16.2 Å². The smallest absolute Gasteiger partial charge is 0.115 e. The number of allylic oxidation sites excluding steroid dienone is 6.